The number of aromatic nitrogens is 6. The Balaban J connectivity index is 1.55. The van der Waals surface area contributed by atoms with E-state index < -0.39 is 0 Å². The highest BCUT2D eigenvalue weighted by Gasteiger charge is 2.20. The topological polar surface area (TPSA) is 121 Å². The maximum Gasteiger partial charge on any atom is 0.291 e. The van der Waals surface area contributed by atoms with Crippen LogP contribution in [0.2, 0.25) is 0 Å². The van der Waals surface area contributed by atoms with Gasteiger partial charge in [-0.2, -0.15) is 15.3 Å². The fourth-order valence-electron chi connectivity index (χ4n) is 3.74. The fraction of sp³-hybridized carbons (Fsp3) is 0.389. The molecular weight excluding hydrogens is 390 g/mol. The average Bonchev–Trinajstić information content (AvgIpc) is 3.33. The molecule has 0 atom stereocenters. The van der Waals surface area contributed by atoms with Crippen molar-refractivity contribution in [3.63, 3.8) is 0 Å². The van der Waals surface area contributed by atoms with Crippen LogP contribution in [-0.2, 0) is 27.1 Å². The van der Waals surface area contributed by atoms with Crippen LogP contribution >= 0.6 is 11.3 Å². The van der Waals surface area contributed by atoms with Gasteiger partial charge in [0.1, 0.15) is 16.2 Å². The molecule has 0 fully saturated rings. The van der Waals surface area contributed by atoms with Gasteiger partial charge >= 0.3 is 0 Å². The molecule has 0 radical (unpaired) electrons. The summed E-state index contributed by atoms with van der Waals surface area (Å²) in [6, 6.07) is 0. The zero-order chi connectivity index (χ0) is 20.1. The number of thiazole rings is 1. The van der Waals surface area contributed by atoms with Gasteiger partial charge in [0.15, 0.2) is 5.65 Å². The molecule has 3 N–H and O–H groups in total. The Morgan fingerprint density at radius 2 is 2.21 bits per heavy atom. The zero-order valence-corrected chi connectivity index (χ0v) is 17.0. The number of nitrogens with two attached hydrogens (primary N) is 1. The Hall–Kier alpha value is -3.21. The number of nitrogens with zero attached hydrogens (tertiary/aromatic N) is 7. The van der Waals surface area contributed by atoms with Crippen molar-refractivity contribution >= 4 is 44.0 Å². The standard InChI is InChI=1S/C18H21N9OS/c1-25-8-12(19)13(24-25)9-27-18(28)15-11(7-21-27)16-17(26(15)2)22-14(29-16)6-10-4-3-5-20-23-10/h7-8,20H,3-6,9,19H2,1-2H3. The summed E-state index contributed by atoms with van der Waals surface area (Å²) in [6.45, 7) is 1.15. The van der Waals surface area contributed by atoms with Crippen molar-refractivity contribution in [1.82, 2.24) is 34.5 Å². The first kappa shape index (κ1) is 17.9. The van der Waals surface area contributed by atoms with Crippen LogP contribution in [0.5, 0.6) is 0 Å². The first-order valence-electron chi connectivity index (χ1n) is 9.41. The minimum atomic E-state index is -0.178. The third-order valence-corrected chi connectivity index (χ3v) is 6.23. The Bertz CT molecular complexity index is 1320. The van der Waals surface area contributed by atoms with Crippen LogP contribution in [0.4, 0.5) is 5.69 Å². The molecule has 0 unspecified atom stereocenters. The molecule has 11 heteroatoms. The minimum Gasteiger partial charge on any atom is -0.396 e. The molecule has 0 amide bonds. The summed E-state index contributed by atoms with van der Waals surface area (Å²) in [5.74, 6) is 0. The van der Waals surface area contributed by atoms with Crippen LogP contribution in [0.25, 0.3) is 21.3 Å². The number of hydrogen-bond donors (Lipinski definition) is 2. The molecule has 4 aromatic rings. The smallest absolute Gasteiger partial charge is 0.291 e. The molecule has 1 aliphatic heterocycles. The van der Waals surface area contributed by atoms with Crippen LogP contribution in [0, 0.1) is 0 Å². The third kappa shape index (κ3) is 2.97. The number of aryl methyl sites for hydroxylation is 2. The number of hydrogen-bond acceptors (Lipinski definition) is 8. The fourth-order valence-corrected chi connectivity index (χ4v) is 4.88. The van der Waals surface area contributed by atoms with Gasteiger partial charge in [-0.1, -0.05) is 0 Å². The number of nitrogen functional groups attached to an aromatic ring is 1. The van der Waals surface area contributed by atoms with Gasteiger partial charge in [0, 0.05) is 44.4 Å². The van der Waals surface area contributed by atoms with Gasteiger partial charge in [0.2, 0.25) is 0 Å². The van der Waals surface area contributed by atoms with Crippen molar-refractivity contribution in [2.75, 3.05) is 12.3 Å². The van der Waals surface area contributed by atoms with E-state index in [1.54, 1.807) is 35.5 Å². The molecule has 5 heterocycles. The first-order chi connectivity index (χ1) is 14.0. The highest BCUT2D eigenvalue weighted by atomic mass is 32.1. The molecule has 0 saturated heterocycles. The first-order valence-corrected chi connectivity index (χ1v) is 10.2. The molecule has 10 nitrogen and oxygen atoms in total. The lowest BCUT2D eigenvalue weighted by Crippen LogP contribution is -2.25. The molecule has 1 aliphatic rings. The van der Waals surface area contributed by atoms with Gasteiger partial charge in [-0.25, -0.2) is 9.67 Å². The second kappa shape index (κ2) is 6.69. The Morgan fingerprint density at radius 1 is 1.34 bits per heavy atom. The lowest BCUT2D eigenvalue weighted by Gasteiger charge is -2.11. The van der Waals surface area contributed by atoms with E-state index in [1.165, 1.54) is 4.68 Å². The molecule has 0 bridgehead atoms. The highest BCUT2D eigenvalue weighted by Crippen LogP contribution is 2.31. The van der Waals surface area contributed by atoms with Crippen molar-refractivity contribution in [3.05, 3.63) is 33.4 Å². The number of fused-ring (bicyclic) bond motifs is 3. The molecule has 5 rings (SSSR count). The summed E-state index contributed by atoms with van der Waals surface area (Å²) in [6.07, 6.45) is 6.27. The van der Waals surface area contributed by atoms with Crippen molar-refractivity contribution < 1.29 is 0 Å². The van der Waals surface area contributed by atoms with Gasteiger partial charge in [0.05, 0.1) is 23.1 Å². The second-order valence-electron chi connectivity index (χ2n) is 7.26. The summed E-state index contributed by atoms with van der Waals surface area (Å²) in [4.78, 5) is 17.9. The van der Waals surface area contributed by atoms with Crippen LogP contribution < -0.4 is 16.7 Å². The molecule has 0 aliphatic carbocycles. The van der Waals surface area contributed by atoms with Crippen LogP contribution in [0.3, 0.4) is 0 Å². The van der Waals surface area contributed by atoms with E-state index >= 15 is 0 Å². The maximum atomic E-state index is 13.1. The van der Waals surface area contributed by atoms with Gasteiger partial charge in [-0.3, -0.25) is 9.48 Å². The minimum absolute atomic E-state index is 0.178. The van der Waals surface area contributed by atoms with E-state index in [9.17, 15) is 4.79 Å². The van der Waals surface area contributed by atoms with Gasteiger partial charge in [-0.15, -0.1) is 11.3 Å². The highest BCUT2D eigenvalue weighted by molar-refractivity contribution is 7.19. The monoisotopic (exact) mass is 411 g/mol. The summed E-state index contributed by atoms with van der Waals surface area (Å²) in [5, 5.41) is 14.9. The summed E-state index contributed by atoms with van der Waals surface area (Å²) in [5.41, 5.74) is 12.5. The lowest BCUT2D eigenvalue weighted by molar-refractivity contribution is 0.619. The number of hydrazone groups is 1. The van der Waals surface area contributed by atoms with Gasteiger partial charge in [0.25, 0.3) is 5.56 Å². The van der Waals surface area contributed by atoms with Crippen molar-refractivity contribution in [2.45, 2.75) is 25.8 Å². The predicted molar refractivity (Wildman–Crippen MR) is 113 cm³/mol. The summed E-state index contributed by atoms with van der Waals surface area (Å²) in [7, 11) is 3.66. The van der Waals surface area contributed by atoms with E-state index in [0.717, 1.165) is 52.3 Å². The second-order valence-corrected chi connectivity index (χ2v) is 8.34. The average molecular weight is 411 g/mol. The molecular formula is C18H21N9OS. The number of rotatable bonds is 4. The molecule has 0 spiro atoms. The Morgan fingerprint density at radius 3 is 2.93 bits per heavy atom. The van der Waals surface area contributed by atoms with E-state index in [4.69, 9.17) is 10.7 Å². The maximum absolute atomic E-state index is 13.1. The normalized spacial score (nSPS) is 14.5. The van der Waals surface area contributed by atoms with Gasteiger partial charge < -0.3 is 15.7 Å². The lowest BCUT2D eigenvalue weighted by atomic mass is 10.1. The van der Waals surface area contributed by atoms with E-state index in [-0.39, 0.29) is 12.1 Å². The van der Waals surface area contributed by atoms with E-state index in [2.05, 4.69) is 20.7 Å². The Labute approximate surface area is 169 Å². The molecule has 0 aromatic carbocycles. The summed E-state index contributed by atoms with van der Waals surface area (Å²) >= 11 is 1.60. The quantitative estimate of drug-likeness (QED) is 0.517. The van der Waals surface area contributed by atoms with E-state index in [0.29, 0.717) is 16.9 Å². The van der Waals surface area contributed by atoms with Gasteiger partial charge in [-0.05, 0) is 12.8 Å². The Kier molecular flexibility index (Phi) is 4.12. The molecule has 29 heavy (non-hydrogen) atoms. The zero-order valence-electron chi connectivity index (χ0n) is 16.2. The third-order valence-electron chi connectivity index (χ3n) is 5.15. The van der Waals surface area contributed by atoms with Crippen LogP contribution in [0.15, 0.2) is 22.3 Å². The largest absolute Gasteiger partial charge is 0.396 e. The van der Waals surface area contributed by atoms with Crippen LogP contribution in [0.1, 0.15) is 23.5 Å². The summed E-state index contributed by atoms with van der Waals surface area (Å²) < 4.78 is 5.86. The van der Waals surface area contributed by atoms with Crippen molar-refractivity contribution in [1.29, 1.82) is 0 Å². The van der Waals surface area contributed by atoms with E-state index in [1.807, 2.05) is 11.6 Å². The number of anilines is 1. The van der Waals surface area contributed by atoms with Crippen molar-refractivity contribution in [3.8, 4) is 0 Å². The predicted octanol–water partition coefficient (Wildman–Crippen LogP) is 0.991. The number of nitrogens with one attached hydrogen (secondary N) is 1. The van der Waals surface area contributed by atoms with Crippen LogP contribution in [-0.4, -0.2) is 41.4 Å². The van der Waals surface area contributed by atoms with Crippen molar-refractivity contribution in [2.24, 2.45) is 19.2 Å². The molecule has 4 aromatic heterocycles. The molecule has 0 saturated carbocycles. The SMILES string of the molecule is Cn1cc(N)c(Cn2ncc3c4sc(CC5=NNCCC5)nc4n(C)c3c2=O)n1. The molecule has 150 valence electrons.